The highest BCUT2D eigenvalue weighted by atomic mass is 16.1. The fourth-order valence-electron chi connectivity index (χ4n) is 3.93. The smallest absolute Gasteiger partial charge is 0.220 e. The number of carbonyl (C=O) groups excluding carboxylic acids is 1. The standard InChI is InChI=1S/C24H23N5O/c1-16-21(17(2)29-24(28-16)20(14-25)15-27-29)10-11-23(30)26-13-12-19-8-5-7-18-6-3-4-9-22(18)19/h3-9,15H,10-13H2,1-2H3,(H,26,30). The van der Waals surface area contributed by atoms with Crippen molar-refractivity contribution in [2.45, 2.75) is 33.1 Å². The van der Waals surface area contributed by atoms with Crippen LogP contribution in [0.5, 0.6) is 0 Å². The van der Waals surface area contributed by atoms with Gasteiger partial charge in [0.15, 0.2) is 5.65 Å². The van der Waals surface area contributed by atoms with Crippen LogP contribution >= 0.6 is 0 Å². The third-order valence-electron chi connectivity index (χ3n) is 5.53. The van der Waals surface area contributed by atoms with E-state index in [0.29, 0.717) is 30.6 Å². The van der Waals surface area contributed by atoms with Crippen LogP contribution in [0.3, 0.4) is 0 Å². The first kappa shape index (κ1) is 19.6. The molecule has 0 radical (unpaired) electrons. The van der Waals surface area contributed by atoms with Crippen molar-refractivity contribution in [3.05, 3.63) is 76.7 Å². The number of amides is 1. The fourth-order valence-corrected chi connectivity index (χ4v) is 3.93. The lowest BCUT2D eigenvalue weighted by atomic mass is 10.0. The number of nitrogens with one attached hydrogen (secondary N) is 1. The van der Waals surface area contributed by atoms with Crippen LogP contribution in [0.15, 0.2) is 48.7 Å². The van der Waals surface area contributed by atoms with E-state index < -0.39 is 0 Å². The van der Waals surface area contributed by atoms with Gasteiger partial charge in [-0.15, -0.1) is 0 Å². The molecule has 0 bridgehead atoms. The minimum atomic E-state index is 0.0207. The van der Waals surface area contributed by atoms with Gasteiger partial charge in [0.1, 0.15) is 11.6 Å². The van der Waals surface area contributed by atoms with E-state index in [4.69, 9.17) is 0 Å². The summed E-state index contributed by atoms with van der Waals surface area (Å²) >= 11 is 0. The number of nitrogens with zero attached hydrogens (tertiary/aromatic N) is 4. The first-order valence-electron chi connectivity index (χ1n) is 10.1. The third-order valence-corrected chi connectivity index (χ3v) is 5.53. The second-order valence-corrected chi connectivity index (χ2v) is 7.40. The Kier molecular flexibility index (Phi) is 5.44. The van der Waals surface area contributed by atoms with Gasteiger partial charge in [-0.05, 0) is 48.6 Å². The molecule has 0 saturated heterocycles. The van der Waals surface area contributed by atoms with Crippen LogP contribution in [-0.2, 0) is 17.6 Å². The zero-order valence-electron chi connectivity index (χ0n) is 17.1. The van der Waals surface area contributed by atoms with Crippen molar-refractivity contribution in [3.63, 3.8) is 0 Å². The van der Waals surface area contributed by atoms with Crippen molar-refractivity contribution in [1.29, 1.82) is 5.26 Å². The maximum absolute atomic E-state index is 12.4. The Balaban J connectivity index is 1.38. The summed E-state index contributed by atoms with van der Waals surface area (Å²) in [5, 5.41) is 18.9. The number of rotatable bonds is 6. The molecule has 0 atom stereocenters. The lowest BCUT2D eigenvalue weighted by molar-refractivity contribution is -0.121. The number of carbonyl (C=O) groups is 1. The summed E-state index contributed by atoms with van der Waals surface area (Å²) in [6.45, 7) is 4.46. The van der Waals surface area contributed by atoms with E-state index >= 15 is 0 Å². The first-order chi connectivity index (χ1) is 14.6. The van der Waals surface area contributed by atoms with Crippen LogP contribution in [0.2, 0.25) is 0 Å². The molecule has 150 valence electrons. The number of hydrogen-bond donors (Lipinski definition) is 1. The van der Waals surface area contributed by atoms with Crippen LogP contribution in [0.25, 0.3) is 16.4 Å². The Morgan fingerprint density at radius 2 is 1.93 bits per heavy atom. The predicted octanol–water partition coefficient (Wildman–Crippen LogP) is 3.66. The van der Waals surface area contributed by atoms with Gasteiger partial charge in [0.2, 0.25) is 5.91 Å². The molecule has 30 heavy (non-hydrogen) atoms. The summed E-state index contributed by atoms with van der Waals surface area (Å²) in [5.41, 5.74) is 5.01. The minimum Gasteiger partial charge on any atom is -0.356 e. The third kappa shape index (κ3) is 3.74. The molecule has 4 aromatic rings. The van der Waals surface area contributed by atoms with E-state index in [1.165, 1.54) is 22.5 Å². The highest BCUT2D eigenvalue weighted by Gasteiger charge is 2.14. The van der Waals surface area contributed by atoms with Gasteiger partial charge in [-0.3, -0.25) is 4.79 Å². The summed E-state index contributed by atoms with van der Waals surface area (Å²) in [7, 11) is 0. The molecule has 1 amide bonds. The van der Waals surface area contributed by atoms with Gasteiger partial charge in [0.25, 0.3) is 0 Å². The summed E-state index contributed by atoms with van der Waals surface area (Å²) < 4.78 is 1.68. The molecular formula is C24H23N5O. The lowest BCUT2D eigenvalue weighted by Crippen LogP contribution is -2.26. The number of hydrogen-bond acceptors (Lipinski definition) is 4. The van der Waals surface area contributed by atoms with Crippen molar-refractivity contribution < 1.29 is 4.79 Å². The van der Waals surface area contributed by atoms with E-state index in [2.05, 4.69) is 51.8 Å². The summed E-state index contributed by atoms with van der Waals surface area (Å²) in [4.78, 5) is 16.9. The molecule has 6 nitrogen and oxygen atoms in total. The van der Waals surface area contributed by atoms with E-state index in [0.717, 1.165) is 23.4 Å². The van der Waals surface area contributed by atoms with E-state index in [1.54, 1.807) is 4.52 Å². The van der Waals surface area contributed by atoms with Crippen molar-refractivity contribution >= 4 is 22.3 Å². The zero-order valence-corrected chi connectivity index (χ0v) is 17.1. The first-order valence-corrected chi connectivity index (χ1v) is 10.1. The lowest BCUT2D eigenvalue weighted by Gasteiger charge is -2.12. The van der Waals surface area contributed by atoms with Gasteiger partial charge in [0, 0.05) is 24.4 Å². The van der Waals surface area contributed by atoms with Gasteiger partial charge in [-0.2, -0.15) is 10.4 Å². The number of aryl methyl sites for hydroxylation is 2. The molecule has 0 fully saturated rings. The van der Waals surface area contributed by atoms with Crippen LogP contribution in [-0.4, -0.2) is 27.0 Å². The summed E-state index contributed by atoms with van der Waals surface area (Å²) in [6, 6.07) is 16.7. The molecule has 1 N–H and O–H groups in total. The Hall–Kier alpha value is -3.72. The van der Waals surface area contributed by atoms with E-state index in [-0.39, 0.29) is 5.91 Å². The maximum Gasteiger partial charge on any atom is 0.220 e. The van der Waals surface area contributed by atoms with Crippen LogP contribution < -0.4 is 5.32 Å². The number of aromatic nitrogens is 3. The van der Waals surface area contributed by atoms with Gasteiger partial charge in [0.05, 0.1) is 6.20 Å². The molecule has 0 aliphatic carbocycles. The molecule has 0 aliphatic heterocycles. The second-order valence-electron chi connectivity index (χ2n) is 7.40. The molecule has 0 aliphatic rings. The van der Waals surface area contributed by atoms with Gasteiger partial charge < -0.3 is 5.32 Å². The molecule has 4 rings (SSSR count). The maximum atomic E-state index is 12.4. The average Bonchev–Trinajstić information content (AvgIpc) is 3.16. The van der Waals surface area contributed by atoms with Gasteiger partial charge >= 0.3 is 0 Å². The number of nitriles is 1. The molecule has 2 aromatic heterocycles. The predicted molar refractivity (Wildman–Crippen MR) is 116 cm³/mol. The highest BCUT2D eigenvalue weighted by molar-refractivity contribution is 5.85. The van der Waals surface area contributed by atoms with Crippen molar-refractivity contribution in [1.82, 2.24) is 19.9 Å². The topological polar surface area (TPSA) is 83.1 Å². The largest absolute Gasteiger partial charge is 0.356 e. The molecule has 0 spiro atoms. The van der Waals surface area contributed by atoms with Crippen molar-refractivity contribution in [3.8, 4) is 6.07 Å². The van der Waals surface area contributed by atoms with Crippen LogP contribution in [0, 0.1) is 25.2 Å². The Morgan fingerprint density at radius 1 is 1.13 bits per heavy atom. The Morgan fingerprint density at radius 3 is 2.77 bits per heavy atom. The van der Waals surface area contributed by atoms with Gasteiger partial charge in [-0.1, -0.05) is 42.5 Å². The summed E-state index contributed by atoms with van der Waals surface area (Å²) in [6.07, 6.45) is 3.29. The molecule has 2 heterocycles. The van der Waals surface area contributed by atoms with Gasteiger partial charge in [-0.25, -0.2) is 9.50 Å². The normalized spacial score (nSPS) is 11.0. The Labute approximate surface area is 175 Å². The quantitative estimate of drug-likeness (QED) is 0.538. The van der Waals surface area contributed by atoms with E-state index in [9.17, 15) is 10.1 Å². The molecule has 6 heteroatoms. The second kappa shape index (κ2) is 8.34. The molecular weight excluding hydrogens is 374 g/mol. The average molecular weight is 397 g/mol. The minimum absolute atomic E-state index is 0.0207. The summed E-state index contributed by atoms with van der Waals surface area (Å²) in [5.74, 6) is 0.0207. The van der Waals surface area contributed by atoms with Crippen molar-refractivity contribution in [2.24, 2.45) is 0 Å². The van der Waals surface area contributed by atoms with E-state index in [1.807, 2.05) is 26.0 Å². The monoisotopic (exact) mass is 397 g/mol. The number of benzene rings is 2. The highest BCUT2D eigenvalue weighted by Crippen LogP contribution is 2.19. The molecule has 0 saturated carbocycles. The SMILES string of the molecule is Cc1nc2c(C#N)cnn2c(C)c1CCC(=O)NCCc1cccc2ccccc12. The molecule has 0 unspecified atom stereocenters. The van der Waals surface area contributed by atoms with Crippen LogP contribution in [0.4, 0.5) is 0 Å². The van der Waals surface area contributed by atoms with Crippen LogP contribution in [0.1, 0.15) is 34.5 Å². The zero-order chi connectivity index (χ0) is 21.1. The number of fused-ring (bicyclic) bond motifs is 2. The Bertz CT molecular complexity index is 1280. The fraction of sp³-hybridized carbons (Fsp3) is 0.250. The van der Waals surface area contributed by atoms with Crippen molar-refractivity contribution in [2.75, 3.05) is 6.54 Å². The molecule has 2 aromatic carbocycles.